The fourth-order valence-corrected chi connectivity index (χ4v) is 1.97. The summed E-state index contributed by atoms with van der Waals surface area (Å²) in [5, 5.41) is 10.4. The van der Waals surface area contributed by atoms with Gasteiger partial charge in [0.15, 0.2) is 0 Å². The molecule has 1 spiro atoms. The van der Waals surface area contributed by atoms with Crippen molar-refractivity contribution in [2.45, 2.75) is 25.1 Å². The van der Waals surface area contributed by atoms with E-state index in [2.05, 4.69) is 11.2 Å². The topological polar surface area (TPSA) is 58.6 Å². The maximum atomic E-state index is 10.6. The lowest BCUT2D eigenvalue weighted by Crippen LogP contribution is -2.63. The minimum atomic E-state index is -5.08. The molecule has 0 aromatic carbocycles. The number of carboxylic acid groups (broad SMARTS) is 1. The van der Waals surface area contributed by atoms with Gasteiger partial charge >= 0.3 is 12.1 Å². The molecule has 1 unspecified atom stereocenters. The normalized spacial score (nSPS) is 25.3. The van der Waals surface area contributed by atoms with Crippen LogP contribution in [0.3, 0.4) is 0 Å². The van der Waals surface area contributed by atoms with E-state index >= 15 is 0 Å². The average Bonchev–Trinajstić information content (AvgIpc) is 2.29. The largest absolute Gasteiger partial charge is 0.490 e. The summed E-state index contributed by atoms with van der Waals surface area (Å²) in [5.74, 6) is 0.0383. The van der Waals surface area contributed by atoms with E-state index in [-0.39, 0.29) is 0 Å². The number of alkyl halides is 3. The molecular formula is C11H14F3NO3. The molecule has 7 heteroatoms. The van der Waals surface area contributed by atoms with Crippen LogP contribution in [0.4, 0.5) is 13.2 Å². The highest BCUT2D eigenvalue weighted by molar-refractivity contribution is 5.73. The highest BCUT2D eigenvalue weighted by Gasteiger charge is 2.46. The number of rotatable bonds is 0. The summed E-state index contributed by atoms with van der Waals surface area (Å²) in [5.41, 5.74) is 0.396. The van der Waals surface area contributed by atoms with Crippen LogP contribution in [-0.4, -0.2) is 43.1 Å². The standard InChI is InChI=1S/C9H13NO.C2HF3O2/c1-2-8-9(7-10-8)3-5-11-6-4-9;3-2(4,5)1(6)7/h1,8,10H,3-7H2;(H,6,7). The summed E-state index contributed by atoms with van der Waals surface area (Å²) in [4.78, 5) is 8.90. The predicted molar refractivity (Wildman–Crippen MR) is 56.8 cm³/mol. The van der Waals surface area contributed by atoms with E-state index in [1.165, 1.54) is 0 Å². The van der Waals surface area contributed by atoms with E-state index < -0.39 is 12.1 Å². The maximum absolute atomic E-state index is 10.6. The zero-order valence-electron chi connectivity index (χ0n) is 9.59. The predicted octanol–water partition coefficient (Wildman–Crippen LogP) is 1.02. The highest BCUT2D eigenvalue weighted by atomic mass is 19.4. The number of aliphatic carboxylic acids is 1. The first-order valence-electron chi connectivity index (χ1n) is 5.39. The number of hydrogen-bond acceptors (Lipinski definition) is 3. The zero-order valence-corrected chi connectivity index (χ0v) is 9.59. The van der Waals surface area contributed by atoms with Crippen molar-refractivity contribution < 1.29 is 27.8 Å². The van der Waals surface area contributed by atoms with Gasteiger partial charge in [0, 0.05) is 25.2 Å². The van der Waals surface area contributed by atoms with Crippen molar-refractivity contribution in [3.8, 4) is 12.3 Å². The minimum Gasteiger partial charge on any atom is -0.475 e. The van der Waals surface area contributed by atoms with Crippen molar-refractivity contribution in [1.82, 2.24) is 5.32 Å². The monoisotopic (exact) mass is 265 g/mol. The van der Waals surface area contributed by atoms with E-state index in [9.17, 15) is 13.2 Å². The first kappa shape index (κ1) is 14.8. The van der Waals surface area contributed by atoms with Crippen LogP contribution in [0, 0.1) is 17.8 Å². The van der Waals surface area contributed by atoms with Crippen molar-refractivity contribution in [3.05, 3.63) is 0 Å². The van der Waals surface area contributed by atoms with Gasteiger partial charge in [0.05, 0.1) is 6.04 Å². The first-order chi connectivity index (χ1) is 8.32. The average molecular weight is 265 g/mol. The molecular weight excluding hydrogens is 251 g/mol. The number of hydrogen-bond donors (Lipinski definition) is 2. The first-order valence-corrected chi connectivity index (χ1v) is 5.39. The van der Waals surface area contributed by atoms with Gasteiger partial charge in [-0.3, -0.25) is 0 Å². The molecule has 2 N–H and O–H groups in total. The second-order valence-corrected chi connectivity index (χ2v) is 4.26. The van der Waals surface area contributed by atoms with Crippen LogP contribution in [0.15, 0.2) is 0 Å². The van der Waals surface area contributed by atoms with Gasteiger partial charge < -0.3 is 15.2 Å². The van der Waals surface area contributed by atoms with Crippen molar-refractivity contribution in [1.29, 1.82) is 0 Å². The van der Waals surface area contributed by atoms with Gasteiger partial charge in [0.2, 0.25) is 0 Å². The van der Waals surface area contributed by atoms with Gasteiger partial charge in [-0.1, -0.05) is 5.92 Å². The molecule has 18 heavy (non-hydrogen) atoms. The van der Waals surface area contributed by atoms with E-state index in [0.29, 0.717) is 11.5 Å². The number of carboxylic acids is 1. The van der Waals surface area contributed by atoms with Gasteiger partial charge in [-0.15, -0.1) is 6.42 Å². The zero-order chi connectivity index (χ0) is 13.8. The summed E-state index contributed by atoms with van der Waals surface area (Å²) in [6.07, 6.45) is 2.57. The van der Waals surface area contributed by atoms with Crippen molar-refractivity contribution in [3.63, 3.8) is 0 Å². The van der Waals surface area contributed by atoms with Crippen LogP contribution in [0.2, 0.25) is 0 Å². The number of halogens is 3. The van der Waals surface area contributed by atoms with Crippen LogP contribution in [0.25, 0.3) is 0 Å². The Bertz CT molecular complexity index is 342. The Morgan fingerprint density at radius 1 is 1.44 bits per heavy atom. The van der Waals surface area contributed by atoms with Gasteiger partial charge in [0.1, 0.15) is 0 Å². The van der Waals surface area contributed by atoms with Crippen molar-refractivity contribution in [2.24, 2.45) is 5.41 Å². The van der Waals surface area contributed by atoms with E-state index in [4.69, 9.17) is 21.1 Å². The molecule has 0 aromatic heterocycles. The van der Waals surface area contributed by atoms with Crippen LogP contribution in [-0.2, 0) is 9.53 Å². The van der Waals surface area contributed by atoms with E-state index in [0.717, 1.165) is 32.6 Å². The molecule has 2 saturated heterocycles. The van der Waals surface area contributed by atoms with Gasteiger partial charge in [-0.05, 0) is 12.8 Å². The minimum absolute atomic E-state index is 0.311. The van der Waals surface area contributed by atoms with Crippen molar-refractivity contribution in [2.75, 3.05) is 19.8 Å². The fraction of sp³-hybridized carbons (Fsp3) is 0.727. The lowest BCUT2D eigenvalue weighted by molar-refractivity contribution is -0.192. The van der Waals surface area contributed by atoms with Crippen LogP contribution < -0.4 is 5.32 Å². The van der Waals surface area contributed by atoms with E-state index in [1.807, 2.05) is 0 Å². The third-order valence-electron chi connectivity index (χ3n) is 3.17. The molecule has 2 aliphatic rings. The number of carbonyl (C=O) groups is 1. The van der Waals surface area contributed by atoms with Crippen molar-refractivity contribution >= 4 is 5.97 Å². The van der Waals surface area contributed by atoms with E-state index in [1.54, 1.807) is 0 Å². The number of nitrogens with one attached hydrogen (secondary N) is 1. The Morgan fingerprint density at radius 2 is 1.94 bits per heavy atom. The maximum Gasteiger partial charge on any atom is 0.490 e. The second kappa shape index (κ2) is 5.59. The van der Waals surface area contributed by atoms with Gasteiger partial charge in [-0.2, -0.15) is 13.2 Å². The summed E-state index contributed by atoms with van der Waals surface area (Å²) >= 11 is 0. The molecule has 0 aliphatic carbocycles. The molecule has 102 valence electrons. The SMILES string of the molecule is C#CC1NCC12CCOCC2.O=C(O)C(F)(F)F. The molecule has 0 radical (unpaired) electrons. The molecule has 4 nitrogen and oxygen atoms in total. The molecule has 0 saturated carbocycles. The smallest absolute Gasteiger partial charge is 0.475 e. The van der Waals surface area contributed by atoms with Crippen LogP contribution in [0.5, 0.6) is 0 Å². The van der Waals surface area contributed by atoms with Crippen LogP contribution >= 0.6 is 0 Å². The molecule has 2 aliphatic heterocycles. The third kappa shape index (κ3) is 3.37. The Kier molecular flexibility index (Phi) is 4.59. The second-order valence-electron chi connectivity index (χ2n) is 4.26. The Hall–Kier alpha value is -1.26. The highest BCUT2D eigenvalue weighted by Crippen LogP contribution is 2.39. The molecule has 1 atom stereocenters. The molecule has 2 heterocycles. The molecule has 0 bridgehead atoms. The quantitative estimate of drug-likeness (QED) is 0.642. The third-order valence-corrected chi connectivity index (χ3v) is 3.17. The fourth-order valence-electron chi connectivity index (χ4n) is 1.97. The summed E-state index contributed by atoms with van der Waals surface area (Å²) in [6.45, 7) is 2.87. The summed E-state index contributed by atoms with van der Waals surface area (Å²) in [7, 11) is 0. The Balaban J connectivity index is 0.000000203. The van der Waals surface area contributed by atoms with Gasteiger partial charge in [-0.25, -0.2) is 4.79 Å². The Morgan fingerprint density at radius 3 is 2.22 bits per heavy atom. The lowest BCUT2D eigenvalue weighted by Gasteiger charge is -2.50. The lowest BCUT2D eigenvalue weighted by atomic mass is 9.68. The number of terminal acetylenes is 1. The molecule has 0 aromatic rings. The number of ether oxygens (including phenoxy) is 1. The van der Waals surface area contributed by atoms with Gasteiger partial charge in [0.25, 0.3) is 0 Å². The van der Waals surface area contributed by atoms with Crippen LogP contribution in [0.1, 0.15) is 12.8 Å². The summed E-state index contributed by atoms with van der Waals surface area (Å²) in [6, 6.07) is 0.311. The molecule has 2 fully saturated rings. The molecule has 2 rings (SSSR count). The molecule has 0 amide bonds. The Labute approximate surface area is 102 Å². The summed E-state index contributed by atoms with van der Waals surface area (Å²) < 4.78 is 37.0.